The number of anilines is 3. The van der Waals surface area contributed by atoms with E-state index in [1.54, 1.807) is 0 Å². The maximum atomic E-state index is 13.3. The van der Waals surface area contributed by atoms with Crippen molar-refractivity contribution < 1.29 is 26.3 Å². The van der Waals surface area contributed by atoms with Gasteiger partial charge in [0.25, 0.3) is 5.56 Å². The Kier molecular flexibility index (Phi) is 6.14. The van der Waals surface area contributed by atoms with E-state index in [1.807, 2.05) is 7.05 Å². The van der Waals surface area contributed by atoms with Gasteiger partial charge in [-0.2, -0.15) is 31.3 Å². The Morgan fingerprint density at radius 3 is 2.21 bits per heavy atom. The molecule has 0 unspecified atom stereocenters. The Morgan fingerprint density at radius 1 is 1.00 bits per heavy atom. The summed E-state index contributed by atoms with van der Waals surface area (Å²) in [6.45, 7) is 1.67. The molecule has 1 aliphatic rings. The summed E-state index contributed by atoms with van der Waals surface area (Å²) in [4.78, 5) is 25.5. The highest BCUT2D eigenvalue weighted by molar-refractivity contribution is 5.91. The highest BCUT2D eigenvalue weighted by atomic mass is 19.4. The molecule has 3 N–H and O–H groups in total. The van der Waals surface area contributed by atoms with Crippen LogP contribution in [0.2, 0.25) is 0 Å². The summed E-state index contributed by atoms with van der Waals surface area (Å²) in [7, 11) is 1.99. The highest BCUT2D eigenvalue weighted by Gasteiger charge is 2.37. The Morgan fingerprint density at radius 2 is 1.62 bits per heavy atom. The van der Waals surface area contributed by atoms with Gasteiger partial charge in [0.15, 0.2) is 0 Å². The minimum absolute atomic E-state index is 0.0221. The van der Waals surface area contributed by atoms with Crippen LogP contribution in [0.4, 0.5) is 43.8 Å². The zero-order chi connectivity index (χ0) is 24.7. The van der Waals surface area contributed by atoms with Gasteiger partial charge in [0.05, 0.1) is 16.6 Å². The molecule has 182 valence electrons. The zero-order valence-corrected chi connectivity index (χ0v) is 17.8. The highest BCUT2D eigenvalue weighted by Crippen LogP contribution is 2.38. The van der Waals surface area contributed by atoms with E-state index >= 15 is 0 Å². The van der Waals surface area contributed by atoms with Crippen LogP contribution in [0.3, 0.4) is 0 Å². The first kappa shape index (κ1) is 23.8. The molecule has 1 saturated heterocycles. The fourth-order valence-corrected chi connectivity index (χ4v) is 3.75. The number of hydrogen-bond acceptors (Lipinski definition) is 6. The van der Waals surface area contributed by atoms with Crippen LogP contribution in [0.25, 0.3) is 10.9 Å². The number of H-pyrrole nitrogens is 1. The van der Waals surface area contributed by atoms with Gasteiger partial charge >= 0.3 is 12.4 Å². The third-order valence-electron chi connectivity index (χ3n) is 5.52. The van der Waals surface area contributed by atoms with Crippen LogP contribution in [0, 0.1) is 0 Å². The molecule has 3 aromatic rings. The quantitative estimate of drug-likeness (QED) is 0.468. The SMILES string of the molecule is CN1CCC(Nc2nc(Nc3cc(C(F)(F)F)cc(C(F)(F)F)c3)c3c(=O)[nH]ccc3n2)CC1. The molecule has 1 aromatic carbocycles. The van der Waals surface area contributed by atoms with Crippen molar-refractivity contribution in [1.82, 2.24) is 19.9 Å². The van der Waals surface area contributed by atoms with Crippen LogP contribution < -0.4 is 16.2 Å². The normalized spacial score (nSPS) is 16.1. The fraction of sp³-hybridized carbons (Fsp3) is 0.381. The predicted octanol–water partition coefficient (Wildman–Crippen LogP) is 4.61. The van der Waals surface area contributed by atoms with E-state index < -0.39 is 34.7 Å². The number of aromatic amines is 1. The van der Waals surface area contributed by atoms with Crippen molar-refractivity contribution in [2.24, 2.45) is 0 Å². The lowest BCUT2D eigenvalue weighted by atomic mass is 10.1. The van der Waals surface area contributed by atoms with Gasteiger partial charge in [0.2, 0.25) is 5.95 Å². The largest absolute Gasteiger partial charge is 0.416 e. The first-order valence-electron chi connectivity index (χ1n) is 10.3. The predicted molar refractivity (Wildman–Crippen MR) is 114 cm³/mol. The molecule has 0 aliphatic carbocycles. The fourth-order valence-electron chi connectivity index (χ4n) is 3.75. The molecule has 1 aliphatic heterocycles. The number of nitrogens with one attached hydrogen (secondary N) is 3. The van der Waals surface area contributed by atoms with E-state index in [0.717, 1.165) is 25.9 Å². The van der Waals surface area contributed by atoms with Gasteiger partial charge in [0.1, 0.15) is 11.2 Å². The summed E-state index contributed by atoms with van der Waals surface area (Å²) < 4.78 is 79.5. The Labute approximate surface area is 189 Å². The van der Waals surface area contributed by atoms with E-state index in [2.05, 4.69) is 30.5 Å². The monoisotopic (exact) mass is 486 g/mol. The van der Waals surface area contributed by atoms with Crippen LogP contribution in [-0.4, -0.2) is 46.0 Å². The van der Waals surface area contributed by atoms with Crippen molar-refractivity contribution >= 4 is 28.4 Å². The van der Waals surface area contributed by atoms with Gasteiger partial charge < -0.3 is 20.5 Å². The molecule has 1 fully saturated rings. The Hall–Kier alpha value is -3.35. The smallest absolute Gasteiger partial charge is 0.351 e. The molecule has 3 heterocycles. The van der Waals surface area contributed by atoms with Crippen LogP contribution in [0.5, 0.6) is 0 Å². The molecule has 4 rings (SSSR count). The number of fused-ring (bicyclic) bond motifs is 1. The van der Waals surface area contributed by atoms with Gasteiger partial charge in [-0.1, -0.05) is 0 Å². The summed E-state index contributed by atoms with van der Waals surface area (Å²) in [5, 5.41) is 5.53. The second-order valence-electron chi connectivity index (χ2n) is 8.10. The number of rotatable bonds is 4. The van der Waals surface area contributed by atoms with E-state index in [0.29, 0.717) is 12.1 Å². The number of halogens is 6. The summed E-state index contributed by atoms with van der Waals surface area (Å²) in [5.41, 5.74) is -3.95. The summed E-state index contributed by atoms with van der Waals surface area (Å²) in [5.74, 6) is -0.104. The van der Waals surface area contributed by atoms with Crippen molar-refractivity contribution in [3.8, 4) is 0 Å². The molecular weight excluding hydrogens is 466 g/mol. The summed E-state index contributed by atoms with van der Waals surface area (Å²) in [6, 6.07) is 2.59. The number of nitrogens with zero attached hydrogens (tertiary/aromatic N) is 3. The molecule has 0 spiro atoms. The minimum Gasteiger partial charge on any atom is -0.351 e. The molecular formula is C21H20F6N6O. The molecule has 34 heavy (non-hydrogen) atoms. The number of pyridine rings is 1. The molecule has 0 radical (unpaired) electrons. The van der Waals surface area contributed by atoms with Gasteiger partial charge in [0, 0.05) is 17.9 Å². The lowest BCUT2D eigenvalue weighted by molar-refractivity contribution is -0.143. The lowest BCUT2D eigenvalue weighted by Gasteiger charge is -2.29. The van der Waals surface area contributed by atoms with Gasteiger partial charge in [-0.25, -0.2) is 4.98 Å². The first-order chi connectivity index (χ1) is 15.9. The van der Waals surface area contributed by atoms with Crippen molar-refractivity contribution in [3.05, 3.63) is 51.9 Å². The van der Waals surface area contributed by atoms with Gasteiger partial charge in [-0.3, -0.25) is 4.79 Å². The van der Waals surface area contributed by atoms with E-state index in [-0.39, 0.29) is 34.8 Å². The van der Waals surface area contributed by atoms with Crippen molar-refractivity contribution in [3.63, 3.8) is 0 Å². The molecule has 0 bridgehead atoms. The van der Waals surface area contributed by atoms with Crippen molar-refractivity contribution in [1.29, 1.82) is 0 Å². The lowest BCUT2D eigenvalue weighted by Crippen LogP contribution is -2.37. The van der Waals surface area contributed by atoms with E-state index in [4.69, 9.17) is 0 Å². The van der Waals surface area contributed by atoms with Crippen LogP contribution >= 0.6 is 0 Å². The number of benzene rings is 1. The minimum atomic E-state index is -5.01. The molecule has 0 amide bonds. The van der Waals surface area contributed by atoms with Crippen molar-refractivity contribution in [2.75, 3.05) is 30.8 Å². The topological polar surface area (TPSA) is 85.9 Å². The van der Waals surface area contributed by atoms with Crippen LogP contribution in [-0.2, 0) is 12.4 Å². The maximum absolute atomic E-state index is 13.3. The van der Waals surface area contributed by atoms with Gasteiger partial charge in [-0.15, -0.1) is 0 Å². The molecule has 2 aromatic heterocycles. The molecule has 0 saturated carbocycles. The second kappa shape index (κ2) is 8.78. The number of likely N-dealkylation sites (tertiary alicyclic amines) is 1. The molecule has 7 nitrogen and oxygen atoms in total. The zero-order valence-electron chi connectivity index (χ0n) is 17.8. The number of alkyl halides is 6. The third kappa shape index (κ3) is 5.24. The van der Waals surface area contributed by atoms with E-state index in [1.165, 1.54) is 12.3 Å². The average molecular weight is 486 g/mol. The third-order valence-corrected chi connectivity index (χ3v) is 5.52. The first-order valence-corrected chi connectivity index (χ1v) is 10.3. The standard InChI is InChI=1S/C21H20F6N6O/c1-33-6-3-13(4-7-33)30-19-31-15-2-5-28-18(34)16(15)17(32-19)29-14-9-11(20(22,23)24)8-12(10-14)21(25,26)27/h2,5,8-10,13H,3-4,6-7H2,1H3,(H,28,34)(H2,29,30,31,32). The molecule has 0 atom stereocenters. The van der Waals surface area contributed by atoms with Crippen LogP contribution in [0.1, 0.15) is 24.0 Å². The van der Waals surface area contributed by atoms with Gasteiger partial charge in [-0.05, 0) is 57.2 Å². The van der Waals surface area contributed by atoms with Crippen molar-refractivity contribution in [2.45, 2.75) is 31.2 Å². The van der Waals surface area contributed by atoms with E-state index in [9.17, 15) is 31.1 Å². The number of aromatic nitrogens is 3. The van der Waals surface area contributed by atoms with Crippen LogP contribution in [0.15, 0.2) is 35.3 Å². The average Bonchev–Trinajstić information content (AvgIpc) is 2.74. The second-order valence-corrected chi connectivity index (χ2v) is 8.10. The number of hydrogen-bond donors (Lipinski definition) is 3. The summed E-state index contributed by atoms with van der Waals surface area (Å²) in [6.07, 6.45) is -7.10. The summed E-state index contributed by atoms with van der Waals surface area (Å²) >= 11 is 0. The Bertz CT molecular complexity index is 1210. The maximum Gasteiger partial charge on any atom is 0.416 e. The Balaban J connectivity index is 1.77. The molecule has 13 heteroatoms. The number of piperidine rings is 1.